The van der Waals surface area contributed by atoms with E-state index in [4.69, 9.17) is 15.9 Å². The second-order valence-electron chi connectivity index (χ2n) is 3.50. The average molecular weight is 282 g/mol. The summed E-state index contributed by atoms with van der Waals surface area (Å²) in [7, 11) is -4.36. The van der Waals surface area contributed by atoms with E-state index in [0.717, 1.165) is 6.07 Å². The van der Waals surface area contributed by atoms with Gasteiger partial charge in [-0.2, -0.15) is 0 Å². The molecule has 1 aromatic carbocycles. The number of nitrogen functional groups attached to an aromatic ring is 1. The van der Waals surface area contributed by atoms with Gasteiger partial charge in [0, 0.05) is 12.2 Å². The molecular formula is C9H12F2N2O4S. The quantitative estimate of drug-likeness (QED) is 0.527. The van der Waals surface area contributed by atoms with Crippen molar-refractivity contribution in [1.82, 2.24) is 4.72 Å². The predicted octanol–water partition coefficient (Wildman–Crippen LogP) is -0.821. The number of nitrogens with one attached hydrogen (secondary N) is 1. The standard InChI is InChI=1S/C9H12F2N2O4S/c10-7-1-5(12)2-8(9(7)11)18(16,17)13-3-6(15)4-14/h1-2,6,13-15H,3-4,12H2. The fourth-order valence-electron chi connectivity index (χ4n) is 1.13. The van der Waals surface area contributed by atoms with Gasteiger partial charge in [-0.25, -0.2) is 21.9 Å². The van der Waals surface area contributed by atoms with Crippen molar-refractivity contribution in [2.24, 2.45) is 0 Å². The first-order chi connectivity index (χ1) is 8.27. The van der Waals surface area contributed by atoms with Crippen molar-refractivity contribution in [3.8, 4) is 0 Å². The molecule has 5 N–H and O–H groups in total. The highest BCUT2D eigenvalue weighted by molar-refractivity contribution is 7.89. The minimum Gasteiger partial charge on any atom is -0.399 e. The Labute approximate surface area is 102 Å². The van der Waals surface area contributed by atoms with E-state index >= 15 is 0 Å². The van der Waals surface area contributed by atoms with Gasteiger partial charge in [0.1, 0.15) is 4.90 Å². The maximum atomic E-state index is 13.3. The van der Waals surface area contributed by atoms with Gasteiger partial charge in [-0.15, -0.1) is 0 Å². The number of sulfonamides is 1. The number of hydrogen-bond donors (Lipinski definition) is 4. The van der Waals surface area contributed by atoms with Gasteiger partial charge in [0.05, 0.1) is 12.7 Å². The van der Waals surface area contributed by atoms with Crippen molar-refractivity contribution in [3.05, 3.63) is 23.8 Å². The summed E-state index contributed by atoms with van der Waals surface area (Å²) in [6, 6.07) is 1.41. The molecule has 0 saturated heterocycles. The SMILES string of the molecule is Nc1cc(F)c(F)c(S(=O)(=O)NCC(O)CO)c1. The van der Waals surface area contributed by atoms with Crippen molar-refractivity contribution in [1.29, 1.82) is 0 Å². The van der Waals surface area contributed by atoms with Gasteiger partial charge in [0.15, 0.2) is 11.6 Å². The summed E-state index contributed by atoms with van der Waals surface area (Å²) in [5.74, 6) is -2.95. The molecule has 1 atom stereocenters. The molecule has 0 amide bonds. The fourth-order valence-corrected chi connectivity index (χ4v) is 2.32. The maximum Gasteiger partial charge on any atom is 0.243 e. The zero-order valence-corrected chi connectivity index (χ0v) is 9.92. The van der Waals surface area contributed by atoms with Crippen LogP contribution in [0.2, 0.25) is 0 Å². The van der Waals surface area contributed by atoms with Crippen molar-refractivity contribution < 1.29 is 27.4 Å². The Morgan fingerprint density at radius 1 is 1.39 bits per heavy atom. The summed E-state index contributed by atoms with van der Waals surface area (Å²) in [4.78, 5) is -0.954. The van der Waals surface area contributed by atoms with Gasteiger partial charge in [-0.05, 0) is 12.1 Å². The van der Waals surface area contributed by atoms with E-state index in [-0.39, 0.29) is 5.69 Å². The van der Waals surface area contributed by atoms with Crippen LogP contribution in [0.4, 0.5) is 14.5 Å². The highest BCUT2D eigenvalue weighted by Crippen LogP contribution is 2.20. The number of rotatable bonds is 5. The summed E-state index contributed by atoms with van der Waals surface area (Å²) in [5, 5.41) is 17.5. The van der Waals surface area contributed by atoms with Crippen LogP contribution in [0.3, 0.4) is 0 Å². The topological polar surface area (TPSA) is 113 Å². The van der Waals surface area contributed by atoms with Crippen LogP contribution >= 0.6 is 0 Å². The third-order valence-corrected chi connectivity index (χ3v) is 3.45. The molecule has 0 fully saturated rings. The lowest BCUT2D eigenvalue weighted by molar-refractivity contribution is 0.0988. The first kappa shape index (κ1) is 14.8. The smallest absolute Gasteiger partial charge is 0.243 e. The molecule has 102 valence electrons. The first-order valence-electron chi connectivity index (χ1n) is 4.81. The van der Waals surface area contributed by atoms with E-state index in [0.29, 0.717) is 6.07 Å². The van der Waals surface area contributed by atoms with Crippen LogP contribution in [0, 0.1) is 11.6 Å². The normalized spacial score (nSPS) is 13.6. The van der Waals surface area contributed by atoms with Gasteiger partial charge in [-0.1, -0.05) is 0 Å². The Bertz CT molecular complexity index is 536. The van der Waals surface area contributed by atoms with E-state index in [1.165, 1.54) is 0 Å². The number of anilines is 1. The molecule has 0 bridgehead atoms. The van der Waals surface area contributed by atoms with Crippen LogP contribution in [0.1, 0.15) is 0 Å². The minimum atomic E-state index is -4.36. The van der Waals surface area contributed by atoms with E-state index in [1.807, 2.05) is 4.72 Å². The van der Waals surface area contributed by atoms with E-state index in [9.17, 15) is 17.2 Å². The lowest BCUT2D eigenvalue weighted by Gasteiger charge is -2.11. The molecule has 6 nitrogen and oxygen atoms in total. The first-order valence-corrected chi connectivity index (χ1v) is 6.29. The molecule has 18 heavy (non-hydrogen) atoms. The van der Waals surface area contributed by atoms with Crippen LogP contribution in [0.15, 0.2) is 17.0 Å². The molecule has 0 heterocycles. The van der Waals surface area contributed by atoms with Crippen molar-refractivity contribution in [2.45, 2.75) is 11.0 Å². The molecule has 1 aromatic rings. The summed E-state index contributed by atoms with van der Waals surface area (Å²) in [6.45, 7) is -1.20. The monoisotopic (exact) mass is 282 g/mol. The zero-order chi connectivity index (χ0) is 13.9. The highest BCUT2D eigenvalue weighted by Gasteiger charge is 2.23. The maximum absolute atomic E-state index is 13.3. The number of aliphatic hydroxyl groups excluding tert-OH is 2. The largest absolute Gasteiger partial charge is 0.399 e. The molecule has 0 aliphatic carbocycles. The van der Waals surface area contributed by atoms with Crippen molar-refractivity contribution >= 4 is 15.7 Å². The Hall–Kier alpha value is -1.29. The molecule has 0 saturated carbocycles. The number of nitrogens with two attached hydrogens (primary N) is 1. The van der Waals surface area contributed by atoms with Crippen LogP contribution in [0.5, 0.6) is 0 Å². The number of halogens is 2. The third kappa shape index (κ3) is 3.35. The van der Waals surface area contributed by atoms with Crippen LogP contribution in [0.25, 0.3) is 0 Å². The second-order valence-corrected chi connectivity index (χ2v) is 5.24. The molecule has 0 aliphatic heterocycles. The van der Waals surface area contributed by atoms with E-state index in [1.54, 1.807) is 0 Å². The second kappa shape index (κ2) is 5.57. The Morgan fingerprint density at radius 3 is 2.56 bits per heavy atom. The summed E-state index contributed by atoms with van der Waals surface area (Å²) >= 11 is 0. The van der Waals surface area contributed by atoms with Crippen LogP contribution in [-0.2, 0) is 10.0 Å². The summed E-state index contributed by atoms with van der Waals surface area (Å²) in [5.41, 5.74) is 4.97. The van der Waals surface area contributed by atoms with E-state index < -0.39 is 45.8 Å². The minimum absolute atomic E-state index is 0.253. The van der Waals surface area contributed by atoms with Crippen molar-refractivity contribution in [2.75, 3.05) is 18.9 Å². The lowest BCUT2D eigenvalue weighted by Crippen LogP contribution is -2.34. The predicted molar refractivity (Wildman–Crippen MR) is 59.1 cm³/mol. The van der Waals surface area contributed by atoms with Crippen LogP contribution < -0.4 is 10.5 Å². The van der Waals surface area contributed by atoms with Gasteiger partial charge < -0.3 is 15.9 Å². The molecule has 0 radical (unpaired) electrons. The molecule has 1 unspecified atom stereocenters. The Kier molecular flexibility index (Phi) is 4.57. The Morgan fingerprint density at radius 2 is 2.00 bits per heavy atom. The number of aliphatic hydroxyl groups is 2. The van der Waals surface area contributed by atoms with Gasteiger partial charge >= 0.3 is 0 Å². The van der Waals surface area contributed by atoms with Crippen molar-refractivity contribution in [3.63, 3.8) is 0 Å². The molecular weight excluding hydrogens is 270 g/mol. The average Bonchev–Trinajstić information content (AvgIpc) is 2.30. The summed E-state index contributed by atoms with van der Waals surface area (Å²) in [6.07, 6.45) is -1.34. The van der Waals surface area contributed by atoms with Gasteiger partial charge in [-0.3, -0.25) is 0 Å². The number of hydrogen-bond acceptors (Lipinski definition) is 5. The highest BCUT2D eigenvalue weighted by atomic mass is 32.2. The zero-order valence-electron chi connectivity index (χ0n) is 9.10. The van der Waals surface area contributed by atoms with Crippen LogP contribution in [-0.4, -0.2) is 37.9 Å². The third-order valence-electron chi connectivity index (χ3n) is 2.03. The molecule has 1 rings (SSSR count). The summed E-state index contributed by atoms with van der Waals surface area (Å²) < 4.78 is 51.4. The molecule has 0 spiro atoms. The molecule has 0 aliphatic rings. The lowest BCUT2D eigenvalue weighted by atomic mass is 10.3. The van der Waals surface area contributed by atoms with E-state index in [2.05, 4.69) is 0 Å². The van der Waals surface area contributed by atoms with Gasteiger partial charge in [0.25, 0.3) is 0 Å². The Balaban J connectivity index is 3.05. The number of benzene rings is 1. The fraction of sp³-hybridized carbons (Fsp3) is 0.333. The van der Waals surface area contributed by atoms with Gasteiger partial charge in [0.2, 0.25) is 10.0 Å². The molecule has 0 aromatic heterocycles. The molecule has 9 heteroatoms.